The Morgan fingerprint density at radius 2 is 1.74 bits per heavy atom. The van der Waals surface area contributed by atoms with Crippen molar-refractivity contribution >= 4 is 22.4 Å². The fourth-order valence-corrected chi connectivity index (χ4v) is 6.03. The Kier molecular flexibility index (Phi) is 10.5. The normalized spacial score (nSPS) is 17.4. The van der Waals surface area contributed by atoms with Crippen molar-refractivity contribution in [3.05, 3.63) is 76.3 Å². The van der Waals surface area contributed by atoms with E-state index >= 15 is 0 Å². The van der Waals surface area contributed by atoms with Crippen molar-refractivity contribution in [1.82, 2.24) is 9.80 Å². The minimum Gasteiger partial charge on any atom is -0.495 e. The number of hydrogen-bond acceptors (Lipinski definition) is 4. The summed E-state index contributed by atoms with van der Waals surface area (Å²) in [4.78, 5) is 5.08. The Morgan fingerprint density at radius 1 is 0.974 bits per heavy atom. The molecule has 3 aromatic rings. The summed E-state index contributed by atoms with van der Waals surface area (Å²) in [6, 6.07) is 19.3. The highest BCUT2D eigenvalue weighted by molar-refractivity contribution is 6.37. The minimum absolute atomic E-state index is 0.113. The molecule has 0 radical (unpaired) electrons. The number of aliphatic hydroxyl groups is 1. The van der Waals surface area contributed by atoms with Gasteiger partial charge in [0, 0.05) is 44.2 Å². The topological polar surface area (TPSA) is 35.9 Å². The molecule has 4 rings (SSSR count). The molecule has 1 aliphatic rings. The van der Waals surface area contributed by atoms with Gasteiger partial charge in [-0.3, -0.25) is 9.80 Å². The van der Waals surface area contributed by atoms with Gasteiger partial charge in [0.2, 0.25) is 0 Å². The molecular formula is C33H45ClN2O2. The van der Waals surface area contributed by atoms with Crippen LogP contribution in [0.2, 0.25) is 5.02 Å². The van der Waals surface area contributed by atoms with Gasteiger partial charge in [0.1, 0.15) is 5.75 Å². The first-order valence-electron chi connectivity index (χ1n) is 14.4. The Hall–Kier alpha value is -2.11. The van der Waals surface area contributed by atoms with Crippen LogP contribution in [0, 0.1) is 5.92 Å². The molecule has 1 fully saturated rings. The number of nitrogens with zero attached hydrogens (tertiary/aromatic N) is 2. The smallest absolute Gasteiger partial charge is 0.138 e. The molecule has 3 atom stereocenters. The van der Waals surface area contributed by atoms with Crippen molar-refractivity contribution in [3.8, 4) is 5.75 Å². The maximum absolute atomic E-state index is 11.6. The molecule has 0 bridgehead atoms. The van der Waals surface area contributed by atoms with E-state index in [4.69, 9.17) is 16.3 Å². The van der Waals surface area contributed by atoms with Crippen LogP contribution in [0.5, 0.6) is 5.75 Å². The van der Waals surface area contributed by atoms with Crippen LogP contribution in [-0.2, 0) is 13.0 Å². The summed E-state index contributed by atoms with van der Waals surface area (Å²) in [7, 11) is 1.63. The first-order valence-corrected chi connectivity index (χ1v) is 14.8. The molecule has 1 heterocycles. The van der Waals surface area contributed by atoms with E-state index in [1.54, 1.807) is 7.11 Å². The van der Waals surface area contributed by atoms with Crippen LogP contribution in [0.25, 0.3) is 10.8 Å². The molecule has 3 aromatic carbocycles. The van der Waals surface area contributed by atoms with E-state index in [2.05, 4.69) is 60.9 Å². The first kappa shape index (κ1) is 28.9. The molecule has 0 spiro atoms. The van der Waals surface area contributed by atoms with Crippen LogP contribution >= 0.6 is 11.6 Å². The number of methoxy groups -OCH3 is 1. The summed E-state index contributed by atoms with van der Waals surface area (Å²) < 4.78 is 5.37. The maximum atomic E-state index is 11.6. The first-order chi connectivity index (χ1) is 18.4. The van der Waals surface area contributed by atoms with Gasteiger partial charge < -0.3 is 9.84 Å². The second kappa shape index (κ2) is 13.8. The second-order valence-electron chi connectivity index (χ2n) is 11.1. The Labute approximate surface area is 234 Å². The third-order valence-corrected chi connectivity index (χ3v) is 8.67. The molecule has 1 N–H and O–H groups in total. The van der Waals surface area contributed by atoms with E-state index in [-0.39, 0.29) is 6.04 Å². The maximum Gasteiger partial charge on any atom is 0.138 e. The van der Waals surface area contributed by atoms with Crippen molar-refractivity contribution in [2.45, 2.75) is 71.6 Å². The van der Waals surface area contributed by atoms with Gasteiger partial charge in [-0.2, -0.15) is 0 Å². The van der Waals surface area contributed by atoms with Gasteiger partial charge in [-0.25, -0.2) is 0 Å². The van der Waals surface area contributed by atoms with Gasteiger partial charge in [-0.15, -0.1) is 0 Å². The SMILES string of the molecule is CCCCC(C(O)c1ccc2c(Cl)c(OC)ccc2c1)N1CCN(Cc2cccc(CC(C)CC)c2)CC1. The predicted octanol–water partition coefficient (Wildman–Crippen LogP) is 7.50. The quantitative estimate of drug-likeness (QED) is 0.260. The van der Waals surface area contributed by atoms with Crippen molar-refractivity contribution in [3.63, 3.8) is 0 Å². The molecular weight excluding hydrogens is 492 g/mol. The van der Waals surface area contributed by atoms with E-state index < -0.39 is 6.10 Å². The molecule has 4 nitrogen and oxygen atoms in total. The van der Waals surface area contributed by atoms with E-state index in [1.165, 1.54) is 17.5 Å². The molecule has 38 heavy (non-hydrogen) atoms. The van der Waals surface area contributed by atoms with E-state index in [1.807, 2.05) is 24.3 Å². The van der Waals surface area contributed by atoms with Crippen LogP contribution in [0.4, 0.5) is 0 Å². The number of benzene rings is 3. The number of ether oxygens (including phenoxy) is 1. The molecule has 206 valence electrons. The molecule has 0 amide bonds. The molecule has 0 aliphatic carbocycles. The van der Waals surface area contributed by atoms with Crippen LogP contribution in [-0.4, -0.2) is 54.2 Å². The number of aliphatic hydroxyl groups excluding tert-OH is 1. The predicted molar refractivity (Wildman–Crippen MR) is 160 cm³/mol. The van der Waals surface area contributed by atoms with Crippen LogP contribution in [0.1, 0.15) is 69.2 Å². The number of fused-ring (bicyclic) bond motifs is 1. The summed E-state index contributed by atoms with van der Waals surface area (Å²) in [5.74, 6) is 1.40. The zero-order valence-corrected chi connectivity index (χ0v) is 24.4. The average Bonchev–Trinajstić information content (AvgIpc) is 2.94. The summed E-state index contributed by atoms with van der Waals surface area (Å²) in [6.07, 6.45) is 5.08. The van der Waals surface area contributed by atoms with Gasteiger partial charge in [0.05, 0.1) is 18.2 Å². The highest BCUT2D eigenvalue weighted by Crippen LogP contribution is 2.35. The van der Waals surface area contributed by atoms with Gasteiger partial charge in [0.15, 0.2) is 0 Å². The fraction of sp³-hybridized carbons (Fsp3) is 0.515. The highest BCUT2D eigenvalue weighted by atomic mass is 35.5. The standard InChI is InChI=1S/C33H45ClN2O2/c1-5-7-11-30(33(37)28-12-14-29-27(22-28)13-15-31(38-4)32(29)34)36-18-16-35(17-19-36)23-26-10-8-9-25(21-26)20-24(3)6-2/h8-10,12-15,21-22,24,30,33,37H,5-7,11,16-20,23H2,1-4H3. The number of unbranched alkanes of at least 4 members (excludes halogenated alkanes) is 1. The Morgan fingerprint density at radius 3 is 2.45 bits per heavy atom. The molecule has 0 aromatic heterocycles. The monoisotopic (exact) mass is 536 g/mol. The highest BCUT2D eigenvalue weighted by Gasteiger charge is 2.30. The lowest BCUT2D eigenvalue weighted by atomic mass is 9.94. The lowest BCUT2D eigenvalue weighted by molar-refractivity contribution is 0.0113. The molecule has 1 saturated heterocycles. The Bertz CT molecular complexity index is 1170. The van der Waals surface area contributed by atoms with E-state index in [0.717, 1.165) is 80.7 Å². The number of halogens is 1. The lowest BCUT2D eigenvalue weighted by Crippen LogP contribution is -2.51. The molecule has 5 heteroatoms. The van der Waals surface area contributed by atoms with E-state index in [9.17, 15) is 5.11 Å². The van der Waals surface area contributed by atoms with Crippen LogP contribution < -0.4 is 4.74 Å². The average molecular weight is 537 g/mol. The number of piperazine rings is 1. The van der Waals surface area contributed by atoms with Crippen molar-refractivity contribution in [2.24, 2.45) is 5.92 Å². The number of hydrogen-bond donors (Lipinski definition) is 1. The van der Waals surface area contributed by atoms with Gasteiger partial charge >= 0.3 is 0 Å². The molecule has 0 saturated carbocycles. The van der Waals surface area contributed by atoms with Gasteiger partial charge in [0.25, 0.3) is 0 Å². The third-order valence-electron chi connectivity index (χ3n) is 8.28. The Balaban J connectivity index is 1.42. The summed E-state index contributed by atoms with van der Waals surface area (Å²) in [6.45, 7) is 11.8. The van der Waals surface area contributed by atoms with Crippen molar-refractivity contribution in [2.75, 3.05) is 33.3 Å². The minimum atomic E-state index is -0.532. The number of rotatable bonds is 12. The third kappa shape index (κ3) is 7.09. The van der Waals surface area contributed by atoms with Crippen LogP contribution in [0.15, 0.2) is 54.6 Å². The summed E-state index contributed by atoms with van der Waals surface area (Å²) in [5.41, 5.74) is 3.82. The molecule has 3 unspecified atom stereocenters. The van der Waals surface area contributed by atoms with Crippen molar-refractivity contribution in [1.29, 1.82) is 0 Å². The fourth-order valence-electron chi connectivity index (χ4n) is 5.72. The van der Waals surface area contributed by atoms with E-state index in [0.29, 0.717) is 10.8 Å². The van der Waals surface area contributed by atoms with Crippen molar-refractivity contribution < 1.29 is 9.84 Å². The summed E-state index contributed by atoms with van der Waals surface area (Å²) >= 11 is 6.53. The molecule has 1 aliphatic heterocycles. The van der Waals surface area contributed by atoms with Crippen LogP contribution in [0.3, 0.4) is 0 Å². The van der Waals surface area contributed by atoms with Gasteiger partial charge in [-0.1, -0.05) is 94.1 Å². The van der Waals surface area contributed by atoms with Gasteiger partial charge in [-0.05, 0) is 53.0 Å². The lowest BCUT2D eigenvalue weighted by Gasteiger charge is -2.41. The largest absolute Gasteiger partial charge is 0.495 e. The second-order valence-corrected chi connectivity index (χ2v) is 11.4. The zero-order chi connectivity index (χ0) is 27.1. The summed E-state index contributed by atoms with van der Waals surface area (Å²) in [5, 5.41) is 14.2. The zero-order valence-electron chi connectivity index (χ0n) is 23.6.